The highest BCUT2D eigenvalue weighted by molar-refractivity contribution is 5.96. The number of nitrogens with zero attached hydrogens (tertiary/aromatic N) is 4. The highest BCUT2D eigenvalue weighted by Crippen LogP contribution is 2.25. The van der Waals surface area contributed by atoms with E-state index in [-0.39, 0.29) is 53.5 Å². The lowest BCUT2D eigenvalue weighted by molar-refractivity contribution is -0.134. The summed E-state index contributed by atoms with van der Waals surface area (Å²) in [6.45, 7) is -0.253. The predicted molar refractivity (Wildman–Crippen MR) is 139 cm³/mol. The summed E-state index contributed by atoms with van der Waals surface area (Å²) in [5.74, 6) is -1.91. The lowest BCUT2D eigenvalue weighted by atomic mass is 10.1. The number of amides is 3. The fourth-order valence-electron chi connectivity index (χ4n) is 3.74. The van der Waals surface area contributed by atoms with Gasteiger partial charge in [0.15, 0.2) is 5.82 Å². The minimum Gasteiger partial charge on any atom is -0.465 e. The van der Waals surface area contributed by atoms with E-state index in [4.69, 9.17) is 5.11 Å². The number of fused-ring (bicyclic) bond motifs is 1. The average Bonchev–Trinajstić information content (AvgIpc) is 3.31. The van der Waals surface area contributed by atoms with Crippen molar-refractivity contribution in [2.24, 2.45) is 0 Å². The second kappa shape index (κ2) is 13.1. The fraction of sp³-hybridized carbons (Fsp3) is 0.360. The number of aromatic amines is 1. The lowest BCUT2D eigenvalue weighted by Gasteiger charge is -2.16. The van der Waals surface area contributed by atoms with Gasteiger partial charge in [-0.3, -0.25) is 19.4 Å². The SMILES string of the molecule is CN(C)C(=O)C=CCCC(NC(=O)O)C(=O)Nc1cccn(Cc2nc3c(F)cnc(CCC(F)(F)F)c3[nH]2)c1=O. The molecule has 0 bridgehead atoms. The molecule has 3 rings (SSSR count). The summed E-state index contributed by atoms with van der Waals surface area (Å²) in [4.78, 5) is 60.5. The minimum atomic E-state index is -4.44. The van der Waals surface area contributed by atoms with E-state index in [1.165, 1.54) is 35.4 Å². The number of pyridine rings is 2. The van der Waals surface area contributed by atoms with Crippen molar-refractivity contribution >= 4 is 34.6 Å². The second-order valence-electron chi connectivity index (χ2n) is 9.13. The molecule has 3 heterocycles. The van der Waals surface area contributed by atoms with Crippen LogP contribution in [-0.4, -0.2) is 73.7 Å². The zero-order valence-corrected chi connectivity index (χ0v) is 22.0. The quantitative estimate of drug-likeness (QED) is 0.200. The van der Waals surface area contributed by atoms with Crippen LogP contribution in [0, 0.1) is 5.82 Å². The van der Waals surface area contributed by atoms with Gasteiger partial charge < -0.3 is 30.2 Å². The maximum Gasteiger partial charge on any atom is 0.405 e. The summed E-state index contributed by atoms with van der Waals surface area (Å²) in [5.41, 5.74) is -1.19. The fourth-order valence-corrected chi connectivity index (χ4v) is 3.74. The molecule has 0 aliphatic heterocycles. The molecule has 3 amide bonds. The number of H-pyrrole nitrogens is 1. The summed E-state index contributed by atoms with van der Waals surface area (Å²) in [6.07, 6.45) is -2.51. The summed E-state index contributed by atoms with van der Waals surface area (Å²) >= 11 is 0. The molecule has 41 heavy (non-hydrogen) atoms. The zero-order chi connectivity index (χ0) is 30.3. The van der Waals surface area contributed by atoms with Gasteiger partial charge >= 0.3 is 12.3 Å². The molecule has 220 valence electrons. The van der Waals surface area contributed by atoms with Gasteiger partial charge in [-0.1, -0.05) is 6.08 Å². The van der Waals surface area contributed by atoms with E-state index in [1.54, 1.807) is 14.1 Å². The molecule has 16 heteroatoms. The van der Waals surface area contributed by atoms with Crippen molar-refractivity contribution in [3.05, 3.63) is 64.4 Å². The Labute approximate surface area is 230 Å². The van der Waals surface area contributed by atoms with E-state index in [9.17, 15) is 36.7 Å². The Bertz CT molecular complexity index is 1510. The molecular formula is C25H27F4N7O5. The monoisotopic (exact) mass is 581 g/mol. The number of carbonyl (C=O) groups excluding carboxylic acids is 2. The highest BCUT2D eigenvalue weighted by Gasteiger charge is 2.28. The number of halogens is 4. The number of aryl methyl sites for hydroxylation is 1. The highest BCUT2D eigenvalue weighted by atomic mass is 19.4. The molecule has 4 N–H and O–H groups in total. The standard InChI is InChI=1S/C25H27F4N7O5/c1-35(2)19(37)8-4-3-6-16(32-24(40)41)22(38)31-17-7-5-11-36(23(17)39)13-18-33-20-14(26)12-30-15(21(20)34-18)9-10-25(27,28)29/h4-5,7-8,11-12,16,32H,3,6,9-10,13H2,1-2H3,(H,31,38)(H,33,34)(H,40,41). The first-order chi connectivity index (χ1) is 19.2. The van der Waals surface area contributed by atoms with E-state index in [2.05, 4.69) is 25.6 Å². The molecule has 3 aromatic heterocycles. The maximum atomic E-state index is 14.3. The van der Waals surface area contributed by atoms with Gasteiger partial charge in [0.2, 0.25) is 11.8 Å². The third-order valence-electron chi connectivity index (χ3n) is 5.78. The van der Waals surface area contributed by atoms with E-state index in [0.717, 1.165) is 10.8 Å². The molecular weight excluding hydrogens is 554 g/mol. The van der Waals surface area contributed by atoms with Crippen LogP contribution in [0.25, 0.3) is 11.0 Å². The Hall–Kier alpha value is -4.76. The number of allylic oxidation sites excluding steroid dienone is 1. The molecule has 3 aromatic rings. The molecule has 1 atom stereocenters. The number of nitrogens with one attached hydrogen (secondary N) is 3. The summed E-state index contributed by atoms with van der Waals surface area (Å²) < 4.78 is 53.4. The van der Waals surface area contributed by atoms with Crippen molar-refractivity contribution in [2.45, 2.75) is 44.4 Å². The van der Waals surface area contributed by atoms with Crippen LogP contribution in [0.1, 0.15) is 30.8 Å². The molecule has 12 nitrogen and oxygen atoms in total. The van der Waals surface area contributed by atoms with Crippen molar-refractivity contribution in [1.82, 2.24) is 29.7 Å². The molecule has 0 spiro atoms. The van der Waals surface area contributed by atoms with Crippen molar-refractivity contribution in [1.29, 1.82) is 0 Å². The number of aromatic nitrogens is 4. The Kier molecular flexibility index (Phi) is 9.81. The number of alkyl halides is 3. The number of hydrogen-bond acceptors (Lipinski definition) is 6. The average molecular weight is 582 g/mol. The van der Waals surface area contributed by atoms with Crippen LogP contribution in [0.15, 0.2) is 41.5 Å². The van der Waals surface area contributed by atoms with Gasteiger partial charge in [-0.25, -0.2) is 14.2 Å². The number of hydrogen-bond donors (Lipinski definition) is 4. The molecule has 0 fully saturated rings. The lowest BCUT2D eigenvalue weighted by Crippen LogP contribution is -2.44. The Morgan fingerprint density at radius 1 is 1.27 bits per heavy atom. The van der Waals surface area contributed by atoms with Crippen LogP contribution >= 0.6 is 0 Å². The summed E-state index contributed by atoms with van der Waals surface area (Å²) in [5, 5.41) is 13.6. The van der Waals surface area contributed by atoms with E-state index in [1.807, 2.05) is 0 Å². The Morgan fingerprint density at radius 3 is 2.66 bits per heavy atom. The summed E-state index contributed by atoms with van der Waals surface area (Å²) in [7, 11) is 3.11. The number of carbonyl (C=O) groups is 3. The van der Waals surface area contributed by atoms with Crippen LogP contribution in [0.2, 0.25) is 0 Å². The molecule has 0 aliphatic carbocycles. The molecule has 0 aliphatic rings. The first-order valence-corrected chi connectivity index (χ1v) is 12.2. The number of imidazole rings is 1. The van der Waals surface area contributed by atoms with Gasteiger partial charge in [-0.05, 0) is 31.1 Å². The number of likely N-dealkylation sites (N-methyl/N-ethyl adjacent to an activating group) is 1. The Balaban J connectivity index is 1.77. The van der Waals surface area contributed by atoms with Crippen LogP contribution in [-0.2, 0) is 22.6 Å². The molecule has 0 radical (unpaired) electrons. The minimum absolute atomic E-state index is 0.00831. The first-order valence-electron chi connectivity index (χ1n) is 12.2. The van der Waals surface area contributed by atoms with Gasteiger partial charge in [0, 0.05) is 33.1 Å². The van der Waals surface area contributed by atoms with E-state index >= 15 is 0 Å². The molecule has 1 unspecified atom stereocenters. The summed E-state index contributed by atoms with van der Waals surface area (Å²) in [6, 6.07) is 1.47. The number of rotatable bonds is 11. The van der Waals surface area contributed by atoms with Crippen molar-refractivity contribution < 1.29 is 37.1 Å². The zero-order valence-electron chi connectivity index (χ0n) is 22.0. The van der Waals surface area contributed by atoms with Crippen LogP contribution in [0.3, 0.4) is 0 Å². The largest absolute Gasteiger partial charge is 0.465 e. The second-order valence-corrected chi connectivity index (χ2v) is 9.13. The number of carboxylic acid groups (broad SMARTS) is 1. The van der Waals surface area contributed by atoms with Gasteiger partial charge in [0.05, 0.1) is 24.0 Å². The van der Waals surface area contributed by atoms with Crippen LogP contribution in [0.4, 0.5) is 28.0 Å². The van der Waals surface area contributed by atoms with Crippen LogP contribution in [0.5, 0.6) is 0 Å². The topological polar surface area (TPSA) is 162 Å². The third-order valence-corrected chi connectivity index (χ3v) is 5.78. The molecule has 0 saturated carbocycles. The van der Waals surface area contributed by atoms with Crippen molar-refractivity contribution in [3.8, 4) is 0 Å². The predicted octanol–water partition coefficient (Wildman–Crippen LogP) is 2.80. The maximum absolute atomic E-state index is 14.3. The van der Waals surface area contributed by atoms with Crippen molar-refractivity contribution in [3.63, 3.8) is 0 Å². The molecule has 0 saturated heterocycles. The van der Waals surface area contributed by atoms with Crippen molar-refractivity contribution in [2.75, 3.05) is 19.4 Å². The van der Waals surface area contributed by atoms with E-state index < -0.39 is 48.4 Å². The molecule has 0 aromatic carbocycles. The Morgan fingerprint density at radius 2 is 2.00 bits per heavy atom. The van der Waals surface area contributed by atoms with Gasteiger partial charge in [-0.15, -0.1) is 0 Å². The van der Waals surface area contributed by atoms with Crippen LogP contribution < -0.4 is 16.2 Å². The van der Waals surface area contributed by atoms with Gasteiger partial charge in [0.25, 0.3) is 5.56 Å². The van der Waals surface area contributed by atoms with E-state index in [0.29, 0.717) is 0 Å². The third kappa shape index (κ3) is 8.61. The smallest absolute Gasteiger partial charge is 0.405 e. The number of anilines is 1. The normalized spacial score (nSPS) is 12.4. The van der Waals surface area contributed by atoms with Gasteiger partial charge in [-0.2, -0.15) is 13.2 Å². The first kappa shape index (κ1) is 30.8. The van der Waals surface area contributed by atoms with Gasteiger partial charge in [0.1, 0.15) is 23.1 Å².